The second-order valence-electron chi connectivity index (χ2n) is 13.3. The largest absolute Gasteiger partial charge is 0.361 e. The molecule has 0 bridgehead atoms. The van der Waals surface area contributed by atoms with Gasteiger partial charge in [0.25, 0.3) is 5.82 Å². The summed E-state index contributed by atoms with van der Waals surface area (Å²) in [6, 6.07) is 43.6. The second-order valence-corrected chi connectivity index (χ2v) is 13.3. The molecule has 0 aliphatic heterocycles. The van der Waals surface area contributed by atoms with Crippen molar-refractivity contribution in [1.82, 2.24) is 19.9 Å². The van der Waals surface area contributed by atoms with E-state index in [9.17, 15) is 5.26 Å². The van der Waals surface area contributed by atoms with Crippen molar-refractivity contribution < 1.29 is 0 Å². The lowest BCUT2D eigenvalue weighted by Gasteiger charge is -2.23. The van der Waals surface area contributed by atoms with E-state index in [2.05, 4.69) is 108 Å². The Bertz CT molecular complexity index is 2820. The van der Waals surface area contributed by atoms with E-state index in [4.69, 9.17) is 16.5 Å². The van der Waals surface area contributed by atoms with Crippen LogP contribution in [0.4, 0.5) is 5.82 Å². The van der Waals surface area contributed by atoms with Crippen LogP contribution in [0.2, 0.25) is 0 Å². The molecule has 0 amide bonds. The molecular formula is C45H28N6. The average Bonchev–Trinajstić information content (AvgIpc) is 3.41. The zero-order chi connectivity index (χ0) is 34.7. The van der Waals surface area contributed by atoms with E-state index in [1.54, 1.807) is 24.5 Å². The molecule has 0 saturated heterocycles. The van der Waals surface area contributed by atoms with Crippen LogP contribution in [0.3, 0.4) is 0 Å². The Morgan fingerprint density at radius 2 is 1.16 bits per heavy atom. The molecule has 9 rings (SSSR count). The minimum Gasteiger partial charge on any atom is -0.361 e. The monoisotopic (exact) mass is 652 g/mol. The van der Waals surface area contributed by atoms with Crippen LogP contribution < -0.4 is 0 Å². The molecule has 1 aliphatic carbocycles. The van der Waals surface area contributed by atoms with E-state index in [1.807, 2.05) is 36.4 Å². The van der Waals surface area contributed by atoms with Gasteiger partial charge in [0, 0.05) is 28.3 Å². The standard InChI is InChI=1S/C45H28N6/c1-45(2)36-13-7-6-10-30(36)33-24-34-35(25-37(33)45)44(41-17-8-14-38(50-41)27-18-20-48-29(22-27)26-46)32-12-5-4-11-31(32)43(34)40-16-9-15-39(51-40)28-19-21-49-42(23-28)47-3/h4-25H,1-2H3. The maximum absolute atomic E-state index is 9.54. The van der Waals surface area contributed by atoms with E-state index >= 15 is 0 Å². The Morgan fingerprint density at radius 3 is 1.82 bits per heavy atom. The smallest absolute Gasteiger partial charge is 0.270 e. The van der Waals surface area contributed by atoms with E-state index in [0.29, 0.717) is 11.5 Å². The number of nitrogens with zero attached hydrogens (tertiary/aromatic N) is 6. The fraction of sp³-hybridized carbons (Fsp3) is 0.0667. The lowest BCUT2D eigenvalue weighted by atomic mass is 9.80. The van der Waals surface area contributed by atoms with Crippen LogP contribution in [0, 0.1) is 17.9 Å². The molecule has 0 N–H and O–H groups in total. The molecule has 4 aromatic carbocycles. The lowest BCUT2D eigenvalue weighted by Crippen LogP contribution is -2.14. The van der Waals surface area contributed by atoms with Crippen LogP contribution in [0.1, 0.15) is 30.7 Å². The van der Waals surface area contributed by atoms with Crippen molar-refractivity contribution >= 4 is 27.4 Å². The molecule has 6 heteroatoms. The lowest BCUT2D eigenvalue weighted by molar-refractivity contribution is 0.661. The SMILES string of the molecule is [C-]#[N+]c1cc(-c2cccc(-c3c4ccccc4c(-c4cccc(-c5ccnc(C#N)c5)n4)c4cc5c(cc34)-c3ccccc3C5(C)C)n2)ccn1. The first kappa shape index (κ1) is 30.1. The first-order valence-corrected chi connectivity index (χ1v) is 16.7. The molecule has 0 unspecified atom stereocenters. The third-order valence-corrected chi connectivity index (χ3v) is 10.1. The van der Waals surface area contributed by atoms with Crippen molar-refractivity contribution in [3.05, 3.63) is 162 Å². The molecule has 4 heterocycles. The van der Waals surface area contributed by atoms with E-state index in [1.165, 1.54) is 22.3 Å². The van der Waals surface area contributed by atoms with Gasteiger partial charge < -0.3 is 4.85 Å². The fourth-order valence-corrected chi connectivity index (χ4v) is 7.68. The van der Waals surface area contributed by atoms with Crippen LogP contribution in [-0.2, 0) is 5.41 Å². The molecular weight excluding hydrogens is 625 g/mol. The highest BCUT2D eigenvalue weighted by atomic mass is 14.9. The number of pyridine rings is 4. The Balaban J connectivity index is 1.38. The Labute approximate surface area is 295 Å². The summed E-state index contributed by atoms with van der Waals surface area (Å²) in [5.74, 6) is 0.335. The van der Waals surface area contributed by atoms with E-state index in [-0.39, 0.29) is 5.41 Å². The summed E-state index contributed by atoms with van der Waals surface area (Å²) < 4.78 is 0. The maximum Gasteiger partial charge on any atom is 0.270 e. The topological polar surface area (TPSA) is 79.7 Å². The van der Waals surface area contributed by atoms with Crippen LogP contribution in [0.15, 0.2) is 134 Å². The number of fused-ring (bicyclic) bond motifs is 5. The Hall–Kier alpha value is -7.02. The first-order valence-electron chi connectivity index (χ1n) is 16.7. The molecule has 51 heavy (non-hydrogen) atoms. The van der Waals surface area contributed by atoms with Crippen LogP contribution in [0.25, 0.3) is 82.5 Å². The van der Waals surface area contributed by atoms with Gasteiger partial charge >= 0.3 is 0 Å². The second kappa shape index (κ2) is 11.6. The number of hydrogen-bond acceptors (Lipinski definition) is 5. The molecule has 0 saturated carbocycles. The molecule has 238 valence electrons. The van der Waals surface area contributed by atoms with Crippen LogP contribution in [0.5, 0.6) is 0 Å². The molecule has 4 aromatic heterocycles. The van der Waals surface area contributed by atoms with Gasteiger partial charge in [-0.25, -0.2) is 15.0 Å². The van der Waals surface area contributed by atoms with Gasteiger partial charge in [-0.15, -0.1) is 4.98 Å². The zero-order valence-corrected chi connectivity index (χ0v) is 27.9. The number of benzene rings is 4. The Morgan fingerprint density at radius 1 is 0.569 bits per heavy atom. The third-order valence-electron chi connectivity index (χ3n) is 10.1. The molecule has 0 atom stereocenters. The van der Waals surface area contributed by atoms with Gasteiger partial charge in [0.1, 0.15) is 18.0 Å². The fourth-order valence-electron chi connectivity index (χ4n) is 7.68. The maximum atomic E-state index is 9.54. The normalized spacial score (nSPS) is 12.6. The highest BCUT2D eigenvalue weighted by Crippen LogP contribution is 2.53. The van der Waals surface area contributed by atoms with Crippen molar-refractivity contribution in [2.45, 2.75) is 19.3 Å². The summed E-state index contributed by atoms with van der Waals surface area (Å²) >= 11 is 0. The summed E-state index contributed by atoms with van der Waals surface area (Å²) in [5, 5.41) is 13.8. The number of hydrogen-bond donors (Lipinski definition) is 0. The predicted molar refractivity (Wildman–Crippen MR) is 203 cm³/mol. The van der Waals surface area contributed by atoms with Gasteiger partial charge in [0.15, 0.2) is 0 Å². The predicted octanol–water partition coefficient (Wildman–Crippen LogP) is 11.0. The Kier molecular flexibility index (Phi) is 6.81. The summed E-state index contributed by atoms with van der Waals surface area (Å²) in [4.78, 5) is 22.4. The minimum absolute atomic E-state index is 0.205. The quantitative estimate of drug-likeness (QED) is 0.140. The van der Waals surface area contributed by atoms with Gasteiger partial charge in [-0.1, -0.05) is 81.1 Å². The molecule has 0 radical (unpaired) electrons. The minimum atomic E-state index is -0.205. The number of aromatic nitrogens is 4. The molecule has 0 spiro atoms. The molecule has 8 aromatic rings. The van der Waals surface area contributed by atoms with Gasteiger partial charge in [-0.3, -0.25) is 0 Å². The molecule has 1 aliphatic rings. The van der Waals surface area contributed by atoms with Crippen LogP contribution >= 0.6 is 0 Å². The summed E-state index contributed by atoms with van der Waals surface area (Å²) in [6.07, 6.45) is 3.31. The summed E-state index contributed by atoms with van der Waals surface area (Å²) in [5.41, 5.74) is 12.2. The number of rotatable bonds is 4. The van der Waals surface area contributed by atoms with Crippen molar-refractivity contribution in [1.29, 1.82) is 5.26 Å². The summed E-state index contributed by atoms with van der Waals surface area (Å²) in [6.45, 7) is 12.1. The van der Waals surface area contributed by atoms with Crippen molar-refractivity contribution in [3.63, 3.8) is 0 Å². The third kappa shape index (κ3) is 4.77. The van der Waals surface area contributed by atoms with Crippen molar-refractivity contribution in [2.24, 2.45) is 0 Å². The molecule has 6 nitrogen and oxygen atoms in total. The van der Waals surface area contributed by atoms with Crippen molar-refractivity contribution in [2.75, 3.05) is 0 Å². The van der Waals surface area contributed by atoms with Gasteiger partial charge in [-0.05, 0) is 110 Å². The molecule has 0 fully saturated rings. The number of nitriles is 1. The average molecular weight is 653 g/mol. The van der Waals surface area contributed by atoms with Gasteiger partial charge in [0.05, 0.1) is 22.8 Å². The first-order chi connectivity index (χ1) is 24.9. The van der Waals surface area contributed by atoms with Gasteiger partial charge in [0.2, 0.25) is 0 Å². The zero-order valence-electron chi connectivity index (χ0n) is 27.9. The summed E-state index contributed by atoms with van der Waals surface area (Å²) in [7, 11) is 0. The highest BCUT2D eigenvalue weighted by molar-refractivity contribution is 6.22. The van der Waals surface area contributed by atoms with E-state index in [0.717, 1.165) is 66.6 Å². The van der Waals surface area contributed by atoms with Gasteiger partial charge in [-0.2, -0.15) is 5.26 Å². The van der Waals surface area contributed by atoms with E-state index < -0.39 is 0 Å². The van der Waals surface area contributed by atoms with Crippen molar-refractivity contribution in [3.8, 4) is 62.2 Å². The highest BCUT2D eigenvalue weighted by Gasteiger charge is 2.36. The van der Waals surface area contributed by atoms with Crippen LogP contribution in [-0.4, -0.2) is 19.9 Å².